The van der Waals surface area contributed by atoms with Gasteiger partial charge in [0.2, 0.25) is 0 Å². The Kier molecular flexibility index (Phi) is 4.31. The first-order chi connectivity index (χ1) is 7.91. The van der Waals surface area contributed by atoms with Crippen LogP contribution in [0, 0.1) is 5.82 Å². The molecule has 17 heavy (non-hydrogen) atoms. The van der Waals surface area contributed by atoms with Gasteiger partial charge in [-0.2, -0.15) is 0 Å². The second-order valence-electron chi connectivity index (χ2n) is 4.19. The van der Waals surface area contributed by atoms with Crippen LogP contribution in [0.15, 0.2) is 23.2 Å². The molecule has 1 N–H and O–H groups in total. The second-order valence-corrected chi connectivity index (χ2v) is 4.19. The first-order valence-corrected chi connectivity index (χ1v) is 5.28. The zero-order valence-electron chi connectivity index (χ0n) is 10.6. The first-order valence-electron chi connectivity index (χ1n) is 5.28. The molecule has 1 rings (SSSR count). The molecule has 0 fully saturated rings. The molecule has 0 spiro atoms. The number of hydrogen-bond acceptors (Lipinski definition) is 2. The molecule has 94 valence electrons. The smallest absolute Gasteiger partial charge is 0.195 e. The zero-order valence-corrected chi connectivity index (χ0v) is 10.6. The molecule has 0 amide bonds. The fraction of sp³-hybridized carbons (Fsp3) is 0.417. The van der Waals surface area contributed by atoms with Gasteiger partial charge in [-0.05, 0) is 17.7 Å². The third-order valence-electron chi connectivity index (χ3n) is 2.22. The third-order valence-corrected chi connectivity index (χ3v) is 2.22. The van der Waals surface area contributed by atoms with E-state index in [-0.39, 0.29) is 5.75 Å². The van der Waals surface area contributed by atoms with Gasteiger partial charge in [-0.15, -0.1) is 0 Å². The van der Waals surface area contributed by atoms with Crippen molar-refractivity contribution in [3.63, 3.8) is 0 Å². The minimum absolute atomic E-state index is 0.335. The lowest BCUT2D eigenvalue weighted by molar-refractivity contribution is 0.431. The molecule has 0 aliphatic carbocycles. The predicted molar refractivity (Wildman–Crippen MR) is 66.6 cm³/mol. The van der Waals surface area contributed by atoms with E-state index >= 15 is 0 Å². The number of rotatable bonds is 2. The highest BCUT2D eigenvalue weighted by molar-refractivity contribution is 5.79. The Balaban J connectivity index is 2.83. The van der Waals surface area contributed by atoms with Gasteiger partial charge >= 0.3 is 0 Å². The van der Waals surface area contributed by atoms with Crippen molar-refractivity contribution in [2.45, 2.75) is 6.54 Å². The molecule has 0 radical (unpaired) electrons. The van der Waals surface area contributed by atoms with Gasteiger partial charge in [0.1, 0.15) is 0 Å². The average Bonchev–Trinajstić information content (AvgIpc) is 2.22. The number of guanidine groups is 1. The highest BCUT2D eigenvalue weighted by Crippen LogP contribution is 2.16. The zero-order chi connectivity index (χ0) is 13.0. The Bertz CT molecular complexity index is 406. The van der Waals surface area contributed by atoms with Crippen molar-refractivity contribution in [3.8, 4) is 5.75 Å². The van der Waals surface area contributed by atoms with E-state index in [1.165, 1.54) is 12.1 Å². The lowest BCUT2D eigenvalue weighted by Crippen LogP contribution is -2.35. The average molecular weight is 239 g/mol. The predicted octanol–water partition coefficient (Wildman–Crippen LogP) is 1.51. The van der Waals surface area contributed by atoms with Crippen LogP contribution < -0.4 is 0 Å². The normalized spacial score (nSPS) is 9.94. The van der Waals surface area contributed by atoms with Crippen molar-refractivity contribution in [2.75, 3.05) is 28.2 Å². The molecule has 0 aliphatic rings. The van der Waals surface area contributed by atoms with Gasteiger partial charge in [-0.25, -0.2) is 9.38 Å². The number of phenols is 1. The maximum Gasteiger partial charge on any atom is 0.195 e. The lowest BCUT2D eigenvalue weighted by atomic mass is 10.2. The van der Waals surface area contributed by atoms with E-state index in [4.69, 9.17) is 5.11 Å². The van der Waals surface area contributed by atoms with E-state index in [1.807, 2.05) is 38.0 Å². The molecule has 1 aromatic carbocycles. The summed E-state index contributed by atoms with van der Waals surface area (Å²) >= 11 is 0. The molecule has 0 heterocycles. The summed E-state index contributed by atoms with van der Waals surface area (Å²) in [6, 6.07) is 4.29. The van der Waals surface area contributed by atoms with E-state index < -0.39 is 5.82 Å². The van der Waals surface area contributed by atoms with Crippen molar-refractivity contribution in [2.24, 2.45) is 4.99 Å². The van der Waals surface area contributed by atoms with Gasteiger partial charge in [0.25, 0.3) is 0 Å². The third kappa shape index (κ3) is 3.62. The second kappa shape index (κ2) is 5.52. The van der Waals surface area contributed by atoms with Crippen molar-refractivity contribution in [1.29, 1.82) is 0 Å². The highest BCUT2D eigenvalue weighted by atomic mass is 19.1. The Labute approximate surface area is 101 Å². The Morgan fingerprint density at radius 1 is 1.24 bits per heavy atom. The Morgan fingerprint density at radius 3 is 2.29 bits per heavy atom. The number of nitrogens with zero attached hydrogens (tertiary/aromatic N) is 3. The summed E-state index contributed by atoms with van der Waals surface area (Å²) in [5.41, 5.74) is 0.724. The SMILES string of the molecule is CN(C)C(=NCc1ccc(O)c(F)c1)N(C)C. The molecule has 5 heteroatoms. The van der Waals surface area contributed by atoms with Crippen LogP contribution in [0.5, 0.6) is 5.75 Å². The Hall–Kier alpha value is -1.78. The maximum absolute atomic E-state index is 13.1. The maximum atomic E-state index is 13.1. The summed E-state index contributed by atoms with van der Waals surface area (Å²) in [4.78, 5) is 8.16. The molecule has 4 nitrogen and oxygen atoms in total. The van der Waals surface area contributed by atoms with E-state index in [9.17, 15) is 4.39 Å². The number of halogens is 1. The topological polar surface area (TPSA) is 39.1 Å². The van der Waals surface area contributed by atoms with Gasteiger partial charge in [-0.3, -0.25) is 0 Å². The lowest BCUT2D eigenvalue weighted by Gasteiger charge is -2.22. The number of aliphatic imine (C=N–C) groups is 1. The highest BCUT2D eigenvalue weighted by Gasteiger charge is 2.05. The van der Waals surface area contributed by atoms with E-state index in [1.54, 1.807) is 6.07 Å². The van der Waals surface area contributed by atoms with Gasteiger partial charge in [0.15, 0.2) is 17.5 Å². The van der Waals surface area contributed by atoms with E-state index in [2.05, 4.69) is 4.99 Å². The van der Waals surface area contributed by atoms with Crippen molar-refractivity contribution < 1.29 is 9.50 Å². The van der Waals surface area contributed by atoms with Crippen LogP contribution in [0.1, 0.15) is 5.56 Å². The van der Waals surface area contributed by atoms with E-state index in [0.29, 0.717) is 6.54 Å². The van der Waals surface area contributed by atoms with Gasteiger partial charge in [0.05, 0.1) is 6.54 Å². The Morgan fingerprint density at radius 2 is 1.82 bits per heavy atom. The van der Waals surface area contributed by atoms with Crippen LogP contribution in [0.25, 0.3) is 0 Å². The molecule has 1 aromatic rings. The summed E-state index contributed by atoms with van der Waals surface area (Å²) in [5, 5.41) is 9.07. The fourth-order valence-electron chi connectivity index (χ4n) is 1.49. The fourth-order valence-corrected chi connectivity index (χ4v) is 1.49. The molecule has 0 bridgehead atoms. The summed E-state index contributed by atoms with van der Waals surface area (Å²) in [6.45, 7) is 0.378. The molecule has 0 saturated carbocycles. The number of aromatic hydroxyl groups is 1. The van der Waals surface area contributed by atoms with Gasteiger partial charge in [-0.1, -0.05) is 6.07 Å². The van der Waals surface area contributed by atoms with Crippen molar-refractivity contribution in [3.05, 3.63) is 29.6 Å². The number of phenolic OH excluding ortho intramolecular Hbond substituents is 1. The number of hydrogen-bond donors (Lipinski definition) is 1. The molecular formula is C12H18FN3O. The van der Waals surface area contributed by atoms with Gasteiger partial charge in [0, 0.05) is 28.2 Å². The van der Waals surface area contributed by atoms with E-state index in [0.717, 1.165) is 11.5 Å². The standard InChI is InChI=1S/C12H18FN3O/c1-15(2)12(16(3)4)14-8-9-5-6-11(17)10(13)7-9/h5-7,17H,8H2,1-4H3. The molecule has 0 saturated heterocycles. The molecule has 0 aliphatic heterocycles. The monoisotopic (exact) mass is 239 g/mol. The van der Waals surface area contributed by atoms with Crippen LogP contribution in [-0.4, -0.2) is 49.1 Å². The van der Waals surface area contributed by atoms with Crippen molar-refractivity contribution >= 4 is 5.96 Å². The quantitative estimate of drug-likeness (QED) is 0.628. The molecular weight excluding hydrogens is 221 g/mol. The van der Waals surface area contributed by atoms with Crippen LogP contribution in [-0.2, 0) is 6.54 Å². The summed E-state index contributed by atoms with van der Waals surface area (Å²) in [5.74, 6) is -0.148. The number of benzene rings is 1. The summed E-state index contributed by atoms with van der Waals surface area (Å²) < 4.78 is 13.1. The molecule has 0 atom stereocenters. The van der Waals surface area contributed by atoms with Crippen LogP contribution in [0.2, 0.25) is 0 Å². The van der Waals surface area contributed by atoms with Crippen LogP contribution in [0.3, 0.4) is 0 Å². The van der Waals surface area contributed by atoms with Crippen LogP contribution >= 0.6 is 0 Å². The first kappa shape index (κ1) is 13.3. The van der Waals surface area contributed by atoms with Crippen molar-refractivity contribution in [1.82, 2.24) is 9.80 Å². The minimum Gasteiger partial charge on any atom is -0.505 e. The summed E-state index contributed by atoms with van der Waals surface area (Å²) in [6.07, 6.45) is 0. The molecule has 0 unspecified atom stereocenters. The molecule has 0 aromatic heterocycles. The summed E-state index contributed by atoms with van der Waals surface area (Å²) in [7, 11) is 7.60. The minimum atomic E-state index is -0.617. The largest absolute Gasteiger partial charge is 0.505 e. The van der Waals surface area contributed by atoms with Gasteiger partial charge < -0.3 is 14.9 Å². The van der Waals surface area contributed by atoms with Crippen LogP contribution in [0.4, 0.5) is 4.39 Å².